The highest BCUT2D eigenvalue weighted by molar-refractivity contribution is 5.76. The lowest BCUT2D eigenvalue weighted by molar-refractivity contribution is 0.313. The number of hydrogen-bond donors (Lipinski definition) is 0. The summed E-state index contributed by atoms with van der Waals surface area (Å²) in [5, 5.41) is 0. The minimum Gasteiger partial charge on any atom is -0.464 e. The standard InChI is InChI=1S/C15H17FN2O/c1-17-7-9-18(10-8-17)13-5-2-4-12(16)15(13)14-6-3-11-19-14/h2-6,11H,7-10H2,1H3. The molecule has 1 aliphatic rings. The average molecular weight is 260 g/mol. The molecule has 0 spiro atoms. The molecule has 3 nitrogen and oxygen atoms in total. The molecule has 0 radical (unpaired) electrons. The van der Waals surface area contributed by atoms with E-state index >= 15 is 0 Å². The van der Waals surface area contributed by atoms with E-state index in [-0.39, 0.29) is 5.82 Å². The summed E-state index contributed by atoms with van der Waals surface area (Å²) in [6, 6.07) is 8.80. The molecule has 100 valence electrons. The number of hydrogen-bond acceptors (Lipinski definition) is 3. The van der Waals surface area contributed by atoms with Crippen molar-refractivity contribution in [3.05, 3.63) is 42.4 Å². The van der Waals surface area contributed by atoms with E-state index in [2.05, 4.69) is 16.8 Å². The van der Waals surface area contributed by atoms with Gasteiger partial charge in [-0.15, -0.1) is 0 Å². The fourth-order valence-corrected chi connectivity index (χ4v) is 2.49. The second-order valence-corrected chi connectivity index (χ2v) is 4.90. The molecule has 1 aromatic heterocycles. The monoisotopic (exact) mass is 260 g/mol. The van der Waals surface area contributed by atoms with Gasteiger partial charge < -0.3 is 14.2 Å². The van der Waals surface area contributed by atoms with Crippen LogP contribution in [-0.4, -0.2) is 38.1 Å². The maximum absolute atomic E-state index is 14.1. The van der Waals surface area contributed by atoms with Gasteiger partial charge >= 0.3 is 0 Å². The van der Waals surface area contributed by atoms with E-state index in [0.29, 0.717) is 11.3 Å². The molecule has 2 aromatic rings. The molecule has 19 heavy (non-hydrogen) atoms. The number of nitrogens with zero attached hydrogens (tertiary/aromatic N) is 2. The van der Waals surface area contributed by atoms with Gasteiger partial charge in [0.2, 0.25) is 0 Å². The molecule has 0 bridgehead atoms. The summed E-state index contributed by atoms with van der Waals surface area (Å²) >= 11 is 0. The minimum absolute atomic E-state index is 0.230. The van der Waals surface area contributed by atoms with Gasteiger partial charge in [0.15, 0.2) is 0 Å². The summed E-state index contributed by atoms with van der Waals surface area (Å²) in [6.07, 6.45) is 1.58. The summed E-state index contributed by atoms with van der Waals surface area (Å²) in [5.41, 5.74) is 1.49. The summed E-state index contributed by atoms with van der Waals surface area (Å²) in [4.78, 5) is 4.50. The van der Waals surface area contributed by atoms with Crippen LogP contribution in [0.15, 0.2) is 41.0 Å². The Hall–Kier alpha value is -1.81. The van der Waals surface area contributed by atoms with E-state index < -0.39 is 0 Å². The topological polar surface area (TPSA) is 19.6 Å². The predicted octanol–water partition coefficient (Wildman–Crippen LogP) is 2.84. The van der Waals surface area contributed by atoms with Crippen LogP contribution < -0.4 is 4.90 Å². The van der Waals surface area contributed by atoms with E-state index in [4.69, 9.17) is 4.42 Å². The van der Waals surface area contributed by atoms with E-state index in [1.807, 2.05) is 6.07 Å². The fraction of sp³-hybridized carbons (Fsp3) is 0.333. The first-order chi connectivity index (χ1) is 9.25. The van der Waals surface area contributed by atoms with Gasteiger partial charge in [0, 0.05) is 26.2 Å². The molecule has 1 aromatic carbocycles. The number of rotatable bonds is 2. The molecule has 0 N–H and O–H groups in total. The van der Waals surface area contributed by atoms with Gasteiger partial charge in [0.25, 0.3) is 0 Å². The zero-order chi connectivity index (χ0) is 13.2. The number of anilines is 1. The first-order valence-corrected chi connectivity index (χ1v) is 6.51. The number of likely N-dealkylation sites (N-methyl/N-ethyl adjacent to an activating group) is 1. The van der Waals surface area contributed by atoms with Crippen LogP contribution in [0.25, 0.3) is 11.3 Å². The molecule has 0 saturated carbocycles. The maximum atomic E-state index is 14.1. The Balaban J connectivity index is 1.99. The van der Waals surface area contributed by atoms with E-state index in [0.717, 1.165) is 31.9 Å². The molecule has 4 heteroatoms. The van der Waals surface area contributed by atoms with Gasteiger partial charge in [-0.1, -0.05) is 6.07 Å². The van der Waals surface area contributed by atoms with Crippen molar-refractivity contribution in [2.24, 2.45) is 0 Å². The lowest BCUT2D eigenvalue weighted by Gasteiger charge is -2.35. The molecule has 0 atom stereocenters. The van der Waals surface area contributed by atoms with Gasteiger partial charge in [-0.25, -0.2) is 4.39 Å². The van der Waals surface area contributed by atoms with Crippen LogP contribution in [0.3, 0.4) is 0 Å². The molecule has 1 saturated heterocycles. The zero-order valence-electron chi connectivity index (χ0n) is 11.0. The number of piperazine rings is 1. The predicted molar refractivity (Wildman–Crippen MR) is 73.8 cm³/mol. The summed E-state index contributed by atoms with van der Waals surface area (Å²) in [7, 11) is 2.11. The highest BCUT2D eigenvalue weighted by atomic mass is 19.1. The van der Waals surface area contributed by atoms with Crippen molar-refractivity contribution in [1.82, 2.24) is 4.90 Å². The Morgan fingerprint density at radius 2 is 1.84 bits per heavy atom. The average Bonchev–Trinajstić information content (AvgIpc) is 2.93. The van der Waals surface area contributed by atoms with E-state index in [1.165, 1.54) is 6.07 Å². The fourth-order valence-electron chi connectivity index (χ4n) is 2.49. The van der Waals surface area contributed by atoms with Gasteiger partial charge in [0.1, 0.15) is 11.6 Å². The lowest BCUT2D eigenvalue weighted by atomic mass is 10.1. The number of benzene rings is 1. The third-order valence-electron chi connectivity index (χ3n) is 3.60. The maximum Gasteiger partial charge on any atom is 0.138 e. The SMILES string of the molecule is CN1CCN(c2cccc(F)c2-c2ccco2)CC1. The molecule has 1 fully saturated rings. The summed E-state index contributed by atoms with van der Waals surface area (Å²) < 4.78 is 19.5. The first kappa shape index (κ1) is 12.2. The van der Waals surface area contributed by atoms with Crippen molar-refractivity contribution >= 4 is 5.69 Å². The van der Waals surface area contributed by atoms with Crippen LogP contribution in [0.5, 0.6) is 0 Å². The Morgan fingerprint density at radius 3 is 2.53 bits per heavy atom. The first-order valence-electron chi connectivity index (χ1n) is 6.51. The second-order valence-electron chi connectivity index (χ2n) is 4.90. The molecular weight excluding hydrogens is 243 g/mol. The van der Waals surface area contributed by atoms with Crippen molar-refractivity contribution in [1.29, 1.82) is 0 Å². The van der Waals surface area contributed by atoms with Crippen molar-refractivity contribution in [3.63, 3.8) is 0 Å². The minimum atomic E-state index is -0.230. The van der Waals surface area contributed by atoms with Crippen molar-refractivity contribution in [2.75, 3.05) is 38.1 Å². The van der Waals surface area contributed by atoms with Gasteiger partial charge in [-0.05, 0) is 31.3 Å². The van der Waals surface area contributed by atoms with Crippen LogP contribution in [-0.2, 0) is 0 Å². The van der Waals surface area contributed by atoms with E-state index in [9.17, 15) is 4.39 Å². The molecule has 0 unspecified atom stereocenters. The molecule has 0 amide bonds. The molecule has 0 aliphatic carbocycles. The van der Waals surface area contributed by atoms with Gasteiger partial charge in [-0.3, -0.25) is 0 Å². The van der Waals surface area contributed by atoms with Crippen molar-refractivity contribution in [2.45, 2.75) is 0 Å². The van der Waals surface area contributed by atoms with Crippen molar-refractivity contribution < 1.29 is 8.81 Å². The molecule has 2 heterocycles. The van der Waals surface area contributed by atoms with E-state index in [1.54, 1.807) is 24.5 Å². The third-order valence-corrected chi connectivity index (χ3v) is 3.60. The summed E-state index contributed by atoms with van der Waals surface area (Å²) in [5.74, 6) is 0.360. The Morgan fingerprint density at radius 1 is 1.05 bits per heavy atom. The smallest absolute Gasteiger partial charge is 0.138 e. The molecular formula is C15H17FN2O. The second kappa shape index (κ2) is 5.05. The highest BCUT2D eigenvalue weighted by Crippen LogP contribution is 2.34. The zero-order valence-corrected chi connectivity index (χ0v) is 11.0. The number of halogens is 1. The molecule has 3 rings (SSSR count). The third kappa shape index (κ3) is 2.36. The number of furan rings is 1. The normalized spacial score (nSPS) is 16.8. The summed E-state index contributed by atoms with van der Waals surface area (Å²) in [6.45, 7) is 3.81. The highest BCUT2D eigenvalue weighted by Gasteiger charge is 2.21. The van der Waals surface area contributed by atoms with Crippen LogP contribution in [0, 0.1) is 5.82 Å². The Kier molecular flexibility index (Phi) is 3.25. The quantitative estimate of drug-likeness (QED) is 0.828. The van der Waals surface area contributed by atoms with Crippen LogP contribution >= 0.6 is 0 Å². The molecule has 1 aliphatic heterocycles. The van der Waals surface area contributed by atoms with Crippen LogP contribution in [0.4, 0.5) is 10.1 Å². The van der Waals surface area contributed by atoms with Crippen LogP contribution in [0.2, 0.25) is 0 Å². The van der Waals surface area contributed by atoms with Gasteiger partial charge in [0.05, 0.1) is 17.5 Å². The van der Waals surface area contributed by atoms with Crippen LogP contribution in [0.1, 0.15) is 0 Å². The lowest BCUT2D eigenvalue weighted by Crippen LogP contribution is -2.44. The largest absolute Gasteiger partial charge is 0.464 e. The van der Waals surface area contributed by atoms with Gasteiger partial charge in [-0.2, -0.15) is 0 Å². The van der Waals surface area contributed by atoms with Crippen molar-refractivity contribution in [3.8, 4) is 11.3 Å². The Labute approximate surface area is 112 Å². The Bertz CT molecular complexity index is 545.